The Morgan fingerprint density at radius 2 is 1.76 bits per heavy atom. The van der Waals surface area contributed by atoms with E-state index in [4.69, 9.17) is 23.2 Å². The first-order chi connectivity index (χ1) is 12.1. The number of rotatable bonds is 6. The van der Waals surface area contributed by atoms with E-state index in [1.165, 1.54) is 5.56 Å². The lowest BCUT2D eigenvalue weighted by molar-refractivity contribution is 0.995. The molecule has 0 saturated heterocycles. The molecule has 1 heterocycles. The van der Waals surface area contributed by atoms with Crippen LogP contribution in [0.5, 0.6) is 0 Å². The first kappa shape index (κ1) is 17.5. The summed E-state index contributed by atoms with van der Waals surface area (Å²) in [6.45, 7) is 2.72. The van der Waals surface area contributed by atoms with Crippen molar-refractivity contribution in [1.29, 1.82) is 0 Å². The Morgan fingerprint density at radius 1 is 0.960 bits per heavy atom. The van der Waals surface area contributed by atoms with Crippen LogP contribution in [0.3, 0.4) is 0 Å². The minimum atomic E-state index is 0.492. The van der Waals surface area contributed by atoms with Gasteiger partial charge in [0.1, 0.15) is 5.82 Å². The van der Waals surface area contributed by atoms with E-state index in [9.17, 15) is 0 Å². The molecule has 0 aliphatic carbocycles. The van der Waals surface area contributed by atoms with Crippen molar-refractivity contribution in [1.82, 2.24) is 9.97 Å². The molecule has 4 nitrogen and oxygen atoms in total. The third-order valence-electron chi connectivity index (χ3n) is 3.59. The van der Waals surface area contributed by atoms with Crippen molar-refractivity contribution in [3.63, 3.8) is 0 Å². The molecule has 0 aliphatic heterocycles. The fraction of sp³-hybridized carbons (Fsp3) is 0.158. The number of anilines is 3. The number of benzene rings is 2. The van der Waals surface area contributed by atoms with E-state index >= 15 is 0 Å². The second-order valence-electron chi connectivity index (χ2n) is 5.63. The molecule has 25 heavy (non-hydrogen) atoms. The lowest BCUT2D eigenvalue weighted by atomic mass is 10.1. The van der Waals surface area contributed by atoms with Gasteiger partial charge in [0, 0.05) is 23.3 Å². The van der Waals surface area contributed by atoms with Crippen molar-refractivity contribution < 1.29 is 0 Å². The molecule has 0 spiro atoms. The summed E-state index contributed by atoms with van der Waals surface area (Å²) < 4.78 is 0. The van der Waals surface area contributed by atoms with Gasteiger partial charge in [-0.15, -0.1) is 0 Å². The molecule has 0 bridgehead atoms. The molecule has 1 aromatic heterocycles. The number of nitrogens with zero attached hydrogens (tertiary/aromatic N) is 2. The summed E-state index contributed by atoms with van der Waals surface area (Å²) in [6, 6.07) is 17.5. The summed E-state index contributed by atoms with van der Waals surface area (Å²) in [5, 5.41) is 7.59. The van der Waals surface area contributed by atoms with Crippen LogP contribution in [-0.2, 0) is 6.42 Å². The maximum atomic E-state index is 6.19. The zero-order chi connectivity index (χ0) is 17.6. The van der Waals surface area contributed by atoms with Crippen LogP contribution in [0.15, 0.2) is 54.6 Å². The highest BCUT2D eigenvalue weighted by Crippen LogP contribution is 2.27. The van der Waals surface area contributed by atoms with Crippen molar-refractivity contribution in [2.24, 2.45) is 0 Å². The van der Waals surface area contributed by atoms with Crippen LogP contribution in [0.1, 0.15) is 11.3 Å². The Bertz CT molecular complexity index is 853. The Morgan fingerprint density at radius 3 is 2.52 bits per heavy atom. The minimum absolute atomic E-state index is 0.492. The number of halogens is 2. The molecule has 2 N–H and O–H groups in total. The molecule has 0 unspecified atom stereocenters. The summed E-state index contributed by atoms with van der Waals surface area (Å²) >= 11 is 12.1. The van der Waals surface area contributed by atoms with Gasteiger partial charge in [0.05, 0.1) is 10.7 Å². The van der Waals surface area contributed by atoms with Gasteiger partial charge in [-0.2, -0.15) is 4.98 Å². The maximum absolute atomic E-state index is 6.19. The maximum Gasteiger partial charge on any atom is 0.229 e. The van der Waals surface area contributed by atoms with Crippen LogP contribution in [-0.4, -0.2) is 16.5 Å². The molecule has 0 aliphatic rings. The summed E-state index contributed by atoms with van der Waals surface area (Å²) in [6.07, 6.45) is 0.926. The van der Waals surface area contributed by atoms with Gasteiger partial charge in [0.15, 0.2) is 0 Å². The average Bonchev–Trinajstić information content (AvgIpc) is 2.58. The second-order valence-corrected chi connectivity index (χ2v) is 6.47. The van der Waals surface area contributed by atoms with Gasteiger partial charge in [-0.1, -0.05) is 53.5 Å². The van der Waals surface area contributed by atoms with E-state index in [2.05, 4.69) is 32.7 Å². The third-order valence-corrected chi connectivity index (χ3v) is 4.14. The molecule has 2 aromatic carbocycles. The summed E-state index contributed by atoms with van der Waals surface area (Å²) in [7, 11) is 0. The molecule has 3 rings (SSSR count). The molecule has 6 heteroatoms. The Kier molecular flexibility index (Phi) is 5.74. The zero-order valence-corrected chi connectivity index (χ0v) is 15.3. The van der Waals surface area contributed by atoms with Gasteiger partial charge in [-0.3, -0.25) is 0 Å². The van der Waals surface area contributed by atoms with Crippen LogP contribution in [0.4, 0.5) is 17.5 Å². The van der Waals surface area contributed by atoms with Gasteiger partial charge in [0.2, 0.25) is 5.95 Å². The highest BCUT2D eigenvalue weighted by atomic mass is 35.5. The monoisotopic (exact) mass is 372 g/mol. The molecular formula is C19H18Cl2N4. The average molecular weight is 373 g/mol. The first-order valence-corrected chi connectivity index (χ1v) is 8.71. The largest absolute Gasteiger partial charge is 0.370 e. The summed E-state index contributed by atoms with van der Waals surface area (Å²) in [5.74, 6) is 1.27. The van der Waals surface area contributed by atoms with Crippen LogP contribution < -0.4 is 10.6 Å². The number of aromatic nitrogens is 2. The summed E-state index contributed by atoms with van der Waals surface area (Å²) in [5.41, 5.74) is 2.86. The predicted octanol–water partition coefficient (Wildman–Crippen LogP) is 5.49. The summed E-state index contributed by atoms with van der Waals surface area (Å²) in [4.78, 5) is 8.90. The van der Waals surface area contributed by atoms with Crippen molar-refractivity contribution >= 4 is 40.7 Å². The molecule has 0 fully saturated rings. The topological polar surface area (TPSA) is 49.8 Å². The predicted molar refractivity (Wildman–Crippen MR) is 105 cm³/mol. The van der Waals surface area contributed by atoms with E-state index in [0.717, 1.165) is 24.5 Å². The number of hydrogen-bond donors (Lipinski definition) is 2. The smallest absolute Gasteiger partial charge is 0.229 e. The number of hydrogen-bond acceptors (Lipinski definition) is 4. The number of nitrogens with one attached hydrogen (secondary N) is 2. The van der Waals surface area contributed by atoms with E-state index < -0.39 is 0 Å². The molecule has 0 radical (unpaired) electrons. The lowest BCUT2D eigenvalue weighted by Gasteiger charge is -2.11. The van der Waals surface area contributed by atoms with Gasteiger partial charge >= 0.3 is 0 Å². The second kappa shape index (κ2) is 8.19. The van der Waals surface area contributed by atoms with Crippen LogP contribution in [0, 0.1) is 6.92 Å². The normalized spacial score (nSPS) is 10.5. The highest BCUT2D eigenvalue weighted by molar-refractivity contribution is 6.36. The van der Waals surface area contributed by atoms with E-state index in [0.29, 0.717) is 21.7 Å². The Labute approximate surface area is 157 Å². The van der Waals surface area contributed by atoms with Crippen LogP contribution >= 0.6 is 23.2 Å². The highest BCUT2D eigenvalue weighted by Gasteiger charge is 2.06. The van der Waals surface area contributed by atoms with Gasteiger partial charge in [-0.25, -0.2) is 4.98 Å². The lowest BCUT2D eigenvalue weighted by Crippen LogP contribution is -2.08. The molecule has 3 aromatic rings. The molecular weight excluding hydrogens is 355 g/mol. The number of aryl methyl sites for hydroxylation is 1. The fourth-order valence-electron chi connectivity index (χ4n) is 2.41. The Balaban J connectivity index is 1.67. The quantitative estimate of drug-likeness (QED) is 0.600. The molecule has 0 saturated carbocycles. The Hall–Kier alpha value is -2.30. The van der Waals surface area contributed by atoms with Crippen molar-refractivity contribution in [2.45, 2.75) is 13.3 Å². The standard InChI is InChI=1S/C19H18Cl2N4/c1-13-11-18(22-10-9-14-5-3-2-4-6-14)25-19(23-13)24-17-8-7-15(20)12-16(17)21/h2-8,11-12H,9-10H2,1H3,(H2,22,23,24,25). The van der Waals surface area contributed by atoms with Crippen molar-refractivity contribution in [2.75, 3.05) is 17.2 Å². The van der Waals surface area contributed by atoms with Crippen molar-refractivity contribution in [3.05, 3.63) is 75.9 Å². The molecule has 0 atom stereocenters. The van der Waals surface area contributed by atoms with Gasteiger partial charge in [-0.05, 0) is 37.1 Å². The minimum Gasteiger partial charge on any atom is -0.370 e. The SMILES string of the molecule is Cc1cc(NCCc2ccccc2)nc(Nc2ccc(Cl)cc2Cl)n1. The third kappa shape index (κ3) is 5.08. The molecule has 0 amide bonds. The van der Waals surface area contributed by atoms with Gasteiger partial charge < -0.3 is 10.6 Å². The molecule has 128 valence electrons. The van der Waals surface area contributed by atoms with E-state index in [1.54, 1.807) is 18.2 Å². The zero-order valence-electron chi connectivity index (χ0n) is 13.8. The van der Waals surface area contributed by atoms with E-state index in [-0.39, 0.29) is 0 Å². The van der Waals surface area contributed by atoms with Gasteiger partial charge in [0.25, 0.3) is 0 Å². The van der Waals surface area contributed by atoms with Crippen molar-refractivity contribution in [3.8, 4) is 0 Å². The first-order valence-electron chi connectivity index (χ1n) is 7.96. The van der Waals surface area contributed by atoms with E-state index in [1.807, 2.05) is 31.2 Å². The van der Waals surface area contributed by atoms with Crippen LogP contribution in [0.25, 0.3) is 0 Å². The van der Waals surface area contributed by atoms with Crippen LogP contribution in [0.2, 0.25) is 10.0 Å². The fourth-order valence-corrected chi connectivity index (χ4v) is 2.86.